The van der Waals surface area contributed by atoms with E-state index in [1.165, 1.54) is 18.2 Å². The van der Waals surface area contributed by atoms with Crippen molar-refractivity contribution in [3.05, 3.63) is 131 Å². The third-order valence-corrected chi connectivity index (χ3v) is 6.46. The summed E-state index contributed by atoms with van der Waals surface area (Å²) in [6.07, 6.45) is 0.719. The smallest absolute Gasteiger partial charge is 0.262 e. The lowest BCUT2D eigenvalue weighted by Crippen LogP contribution is -2.40. The molecule has 0 radical (unpaired) electrons. The van der Waals surface area contributed by atoms with Gasteiger partial charge in [0.15, 0.2) is 6.61 Å². The maximum atomic E-state index is 13.6. The number of anilines is 1. The number of aryl methyl sites for hydroxylation is 1. The summed E-state index contributed by atoms with van der Waals surface area (Å²) in [4.78, 5) is 27.9. The maximum absolute atomic E-state index is 13.6. The van der Waals surface area contributed by atoms with E-state index in [0.717, 1.165) is 28.7 Å². The summed E-state index contributed by atoms with van der Waals surface area (Å²) in [5.41, 5.74) is 5.26. The van der Waals surface area contributed by atoms with Crippen LogP contribution >= 0.6 is 0 Å². The molecule has 0 aliphatic carbocycles. The average molecular weight is 495 g/mol. The van der Waals surface area contributed by atoms with Crippen LogP contribution in [-0.2, 0) is 11.2 Å². The monoisotopic (exact) mass is 494 g/mol. The Hall–Kier alpha value is -4.45. The van der Waals surface area contributed by atoms with Crippen LogP contribution in [0.3, 0.4) is 0 Å². The summed E-state index contributed by atoms with van der Waals surface area (Å²) < 4.78 is 19.2. The molecule has 1 aliphatic heterocycles. The number of rotatable bonds is 6. The SMILES string of the molecule is Cc1cccc(C2c3cc(OCC(=O)Nc4cccc(F)c4)ccc3CCN2C(=O)c2ccccc2)c1. The molecule has 186 valence electrons. The molecule has 6 heteroatoms. The van der Waals surface area contributed by atoms with Crippen molar-refractivity contribution in [1.29, 1.82) is 0 Å². The molecule has 0 saturated heterocycles. The third kappa shape index (κ3) is 5.54. The Labute approximate surface area is 215 Å². The zero-order chi connectivity index (χ0) is 25.8. The van der Waals surface area contributed by atoms with E-state index >= 15 is 0 Å². The molecule has 1 heterocycles. The van der Waals surface area contributed by atoms with E-state index in [9.17, 15) is 14.0 Å². The highest BCUT2D eigenvalue weighted by molar-refractivity contribution is 5.95. The van der Waals surface area contributed by atoms with Gasteiger partial charge in [-0.15, -0.1) is 0 Å². The van der Waals surface area contributed by atoms with Gasteiger partial charge in [-0.3, -0.25) is 9.59 Å². The Bertz CT molecular complexity index is 1440. The van der Waals surface area contributed by atoms with Crippen molar-refractivity contribution in [2.45, 2.75) is 19.4 Å². The predicted octanol–water partition coefficient (Wildman–Crippen LogP) is 5.94. The highest BCUT2D eigenvalue weighted by Crippen LogP contribution is 2.38. The molecule has 1 atom stereocenters. The zero-order valence-electron chi connectivity index (χ0n) is 20.5. The molecule has 1 aliphatic rings. The number of amides is 2. The lowest BCUT2D eigenvalue weighted by molar-refractivity contribution is -0.118. The molecule has 0 bridgehead atoms. The van der Waals surface area contributed by atoms with E-state index in [4.69, 9.17) is 4.74 Å². The molecule has 2 amide bonds. The van der Waals surface area contributed by atoms with Crippen molar-refractivity contribution in [3.63, 3.8) is 0 Å². The molecule has 4 aromatic rings. The quantitative estimate of drug-likeness (QED) is 0.361. The maximum Gasteiger partial charge on any atom is 0.262 e. The Morgan fingerprint density at radius 2 is 1.76 bits per heavy atom. The van der Waals surface area contributed by atoms with E-state index in [0.29, 0.717) is 23.5 Å². The molecule has 0 aromatic heterocycles. The first-order valence-corrected chi connectivity index (χ1v) is 12.2. The van der Waals surface area contributed by atoms with Crippen LogP contribution < -0.4 is 10.1 Å². The summed E-state index contributed by atoms with van der Waals surface area (Å²) in [7, 11) is 0. The first-order valence-electron chi connectivity index (χ1n) is 12.2. The van der Waals surface area contributed by atoms with Crippen LogP contribution in [0.15, 0.2) is 97.1 Å². The lowest BCUT2D eigenvalue weighted by atomic mass is 9.87. The molecule has 0 saturated carbocycles. The number of benzene rings is 4. The van der Waals surface area contributed by atoms with Gasteiger partial charge in [0, 0.05) is 17.8 Å². The number of nitrogens with zero attached hydrogens (tertiary/aromatic N) is 1. The van der Waals surface area contributed by atoms with Crippen LogP contribution in [0, 0.1) is 12.7 Å². The Morgan fingerprint density at radius 3 is 2.54 bits per heavy atom. The van der Waals surface area contributed by atoms with Gasteiger partial charge < -0.3 is 15.0 Å². The zero-order valence-corrected chi connectivity index (χ0v) is 20.5. The number of carbonyl (C=O) groups is 2. The number of halogens is 1. The van der Waals surface area contributed by atoms with Crippen molar-refractivity contribution >= 4 is 17.5 Å². The van der Waals surface area contributed by atoms with Crippen LogP contribution in [0.2, 0.25) is 0 Å². The third-order valence-electron chi connectivity index (χ3n) is 6.46. The fourth-order valence-corrected chi connectivity index (χ4v) is 4.76. The number of hydrogen-bond acceptors (Lipinski definition) is 3. The molecule has 37 heavy (non-hydrogen) atoms. The van der Waals surface area contributed by atoms with Crippen LogP contribution in [0.5, 0.6) is 5.75 Å². The number of nitrogens with one attached hydrogen (secondary N) is 1. The van der Waals surface area contributed by atoms with E-state index in [-0.39, 0.29) is 24.5 Å². The molecular formula is C31H27FN2O3. The molecule has 5 nitrogen and oxygen atoms in total. The summed E-state index contributed by atoms with van der Waals surface area (Å²) in [6, 6.07) is 28.7. The molecule has 1 unspecified atom stereocenters. The van der Waals surface area contributed by atoms with Crippen LogP contribution in [0.4, 0.5) is 10.1 Å². The average Bonchev–Trinajstić information content (AvgIpc) is 2.91. The molecule has 0 spiro atoms. The minimum atomic E-state index is -0.426. The summed E-state index contributed by atoms with van der Waals surface area (Å²) in [5, 5.41) is 2.64. The molecule has 4 aromatic carbocycles. The van der Waals surface area contributed by atoms with E-state index < -0.39 is 5.82 Å². The second-order valence-corrected chi connectivity index (χ2v) is 9.14. The van der Waals surface area contributed by atoms with Gasteiger partial charge in [-0.25, -0.2) is 4.39 Å². The minimum absolute atomic E-state index is 0.0291. The van der Waals surface area contributed by atoms with Crippen molar-refractivity contribution in [3.8, 4) is 5.75 Å². The molecule has 5 rings (SSSR count). The van der Waals surface area contributed by atoms with Crippen LogP contribution in [0.25, 0.3) is 0 Å². The van der Waals surface area contributed by atoms with Gasteiger partial charge in [-0.05, 0) is 72.5 Å². The number of fused-ring (bicyclic) bond motifs is 1. The fraction of sp³-hybridized carbons (Fsp3) is 0.161. The van der Waals surface area contributed by atoms with E-state index in [2.05, 4.69) is 11.4 Å². The second kappa shape index (κ2) is 10.7. The number of ether oxygens (including phenoxy) is 1. The second-order valence-electron chi connectivity index (χ2n) is 9.14. The van der Waals surface area contributed by atoms with Crippen molar-refractivity contribution in [2.24, 2.45) is 0 Å². The minimum Gasteiger partial charge on any atom is -0.484 e. The molecular weight excluding hydrogens is 467 g/mol. The highest BCUT2D eigenvalue weighted by atomic mass is 19.1. The summed E-state index contributed by atoms with van der Waals surface area (Å²) in [5.74, 6) is -0.317. The Kier molecular flexibility index (Phi) is 6.99. The van der Waals surface area contributed by atoms with Gasteiger partial charge in [0.05, 0.1) is 6.04 Å². The van der Waals surface area contributed by atoms with Gasteiger partial charge in [-0.2, -0.15) is 0 Å². The van der Waals surface area contributed by atoms with Gasteiger partial charge in [0.1, 0.15) is 11.6 Å². The first kappa shape index (κ1) is 24.3. The summed E-state index contributed by atoms with van der Waals surface area (Å²) >= 11 is 0. The fourth-order valence-electron chi connectivity index (χ4n) is 4.76. The summed E-state index contributed by atoms with van der Waals surface area (Å²) in [6.45, 7) is 2.40. The van der Waals surface area contributed by atoms with Gasteiger partial charge in [0.25, 0.3) is 11.8 Å². The van der Waals surface area contributed by atoms with Crippen molar-refractivity contribution < 1.29 is 18.7 Å². The molecule has 0 fully saturated rings. The largest absolute Gasteiger partial charge is 0.484 e. The topological polar surface area (TPSA) is 58.6 Å². The number of carbonyl (C=O) groups excluding carboxylic acids is 2. The molecule has 1 N–H and O–H groups in total. The van der Waals surface area contributed by atoms with Gasteiger partial charge in [-0.1, -0.05) is 60.2 Å². The van der Waals surface area contributed by atoms with E-state index in [1.807, 2.05) is 78.6 Å². The lowest BCUT2D eigenvalue weighted by Gasteiger charge is -2.38. The van der Waals surface area contributed by atoms with Crippen molar-refractivity contribution in [1.82, 2.24) is 4.90 Å². The normalized spacial score (nSPS) is 14.5. The Balaban J connectivity index is 1.42. The van der Waals surface area contributed by atoms with Crippen LogP contribution in [0.1, 0.15) is 38.7 Å². The first-order chi connectivity index (χ1) is 18.0. The number of hydrogen-bond donors (Lipinski definition) is 1. The van der Waals surface area contributed by atoms with E-state index in [1.54, 1.807) is 6.07 Å². The predicted molar refractivity (Wildman–Crippen MR) is 141 cm³/mol. The van der Waals surface area contributed by atoms with Crippen LogP contribution in [-0.4, -0.2) is 29.9 Å². The van der Waals surface area contributed by atoms with Gasteiger partial charge >= 0.3 is 0 Å². The van der Waals surface area contributed by atoms with Gasteiger partial charge in [0.2, 0.25) is 0 Å². The standard InChI is InChI=1S/C31H27FN2O3/c1-21-7-5-10-24(17-21)30-28-19-27(37-20-29(35)33-26-12-6-11-25(32)18-26)14-13-22(28)15-16-34(30)31(36)23-8-3-2-4-9-23/h2-14,17-19,30H,15-16,20H2,1H3,(H,33,35). The highest BCUT2D eigenvalue weighted by Gasteiger charge is 2.33. The Morgan fingerprint density at radius 1 is 0.946 bits per heavy atom. The van der Waals surface area contributed by atoms with Crippen molar-refractivity contribution in [2.75, 3.05) is 18.5 Å².